The van der Waals surface area contributed by atoms with E-state index in [9.17, 15) is 0 Å². The molecule has 18 heavy (non-hydrogen) atoms. The second kappa shape index (κ2) is 3.36. The molecule has 0 unspecified atom stereocenters. The number of fused-ring (bicyclic) bond motifs is 5. The Morgan fingerprint density at radius 3 is 2.72 bits per heavy atom. The minimum atomic E-state index is 0.784. The first-order valence-corrected chi connectivity index (χ1v) is 5.88. The highest BCUT2D eigenvalue weighted by Gasteiger charge is 2.06. The Morgan fingerprint density at radius 1 is 0.889 bits per heavy atom. The van der Waals surface area contributed by atoms with Crippen LogP contribution in [0.25, 0.3) is 27.6 Å². The number of rotatable bonds is 0. The fourth-order valence-corrected chi connectivity index (χ4v) is 2.48. The summed E-state index contributed by atoms with van der Waals surface area (Å²) in [5, 5.41) is 1.13. The fraction of sp³-hybridized carbons (Fsp3) is 0. The quantitative estimate of drug-likeness (QED) is 0.422. The zero-order chi connectivity index (χ0) is 12.1. The van der Waals surface area contributed by atoms with Crippen LogP contribution in [-0.4, -0.2) is 17.2 Å². The highest BCUT2D eigenvalue weighted by molar-refractivity contribution is 6.33. The van der Waals surface area contributed by atoms with Gasteiger partial charge in [0.05, 0.1) is 16.6 Å². The molecule has 2 nitrogen and oxygen atoms in total. The van der Waals surface area contributed by atoms with Gasteiger partial charge in [-0.05, 0) is 35.7 Å². The largest absolute Gasteiger partial charge is 0.292 e. The van der Waals surface area contributed by atoms with E-state index in [-0.39, 0.29) is 0 Å². The van der Waals surface area contributed by atoms with Crippen molar-refractivity contribution >= 4 is 40.9 Å². The molecule has 2 heterocycles. The molecule has 2 radical (unpaired) electrons. The predicted octanol–water partition coefficient (Wildman–Crippen LogP) is 2.43. The standard InChI is InChI=1S/C15H9BN2/c16-11-6-7-13-10(9-11)5-8-15-17-12-3-1-2-4-14(12)18(13)15/h1-9H. The molecule has 4 rings (SSSR count). The predicted molar refractivity (Wildman–Crippen MR) is 75.6 cm³/mol. The van der Waals surface area contributed by atoms with Gasteiger partial charge in [0.2, 0.25) is 0 Å². The number of hydrogen-bond acceptors (Lipinski definition) is 1. The Balaban J connectivity index is 2.32. The third-order valence-electron chi connectivity index (χ3n) is 3.29. The summed E-state index contributed by atoms with van der Waals surface area (Å²) in [6, 6.07) is 18.2. The van der Waals surface area contributed by atoms with Crippen LogP contribution >= 0.6 is 0 Å². The van der Waals surface area contributed by atoms with Crippen molar-refractivity contribution in [2.24, 2.45) is 0 Å². The van der Waals surface area contributed by atoms with Crippen LogP contribution in [0, 0.1) is 0 Å². The normalized spacial score (nSPS) is 11.6. The monoisotopic (exact) mass is 228 g/mol. The maximum absolute atomic E-state index is 5.83. The van der Waals surface area contributed by atoms with Crippen LogP contribution in [0.3, 0.4) is 0 Å². The Hall–Kier alpha value is -2.29. The van der Waals surface area contributed by atoms with E-state index in [0.717, 1.165) is 33.0 Å². The number of para-hydroxylation sites is 2. The van der Waals surface area contributed by atoms with Gasteiger partial charge < -0.3 is 0 Å². The van der Waals surface area contributed by atoms with Crippen LogP contribution in [0.4, 0.5) is 0 Å². The van der Waals surface area contributed by atoms with Gasteiger partial charge in [0.25, 0.3) is 0 Å². The van der Waals surface area contributed by atoms with Crippen molar-refractivity contribution in [2.45, 2.75) is 0 Å². The van der Waals surface area contributed by atoms with E-state index >= 15 is 0 Å². The minimum absolute atomic E-state index is 0.784. The topological polar surface area (TPSA) is 17.3 Å². The van der Waals surface area contributed by atoms with Crippen molar-refractivity contribution in [3.63, 3.8) is 0 Å². The maximum Gasteiger partial charge on any atom is 0.138 e. The van der Waals surface area contributed by atoms with Crippen LogP contribution in [0.5, 0.6) is 0 Å². The van der Waals surface area contributed by atoms with Gasteiger partial charge >= 0.3 is 0 Å². The Morgan fingerprint density at radius 2 is 1.78 bits per heavy atom. The van der Waals surface area contributed by atoms with Crippen molar-refractivity contribution in [3.8, 4) is 0 Å². The summed E-state index contributed by atoms with van der Waals surface area (Å²) in [6.45, 7) is 0. The van der Waals surface area contributed by atoms with E-state index in [2.05, 4.69) is 21.5 Å². The minimum Gasteiger partial charge on any atom is -0.292 e. The van der Waals surface area contributed by atoms with Gasteiger partial charge in [-0.1, -0.05) is 29.7 Å². The van der Waals surface area contributed by atoms with Gasteiger partial charge in [-0.3, -0.25) is 4.40 Å². The van der Waals surface area contributed by atoms with Crippen LogP contribution in [0.2, 0.25) is 0 Å². The summed E-state index contributed by atoms with van der Waals surface area (Å²) >= 11 is 0. The van der Waals surface area contributed by atoms with E-state index in [1.54, 1.807) is 0 Å². The number of imidazole rings is 1. The van der Waals surface area contributed by atoms with Crippen molar-refractivity contribution in [1.82, 2.24) is 9.38 Å². The van der Waals surface area contributed by atoms with Crippen LogP contribution in [0.15, 0.2) is 54.6 Å². The van der Waals surface area contributed by atoms with E-state index in [0.29, 0.717) is 0 Å². The Labute approximate surface area is 105 Å². The molecule has 0 atom stereocenters. The first-order valence-electron chi connectivity index (χ1n) is 5.88. The van der Waals surface area contributed by atoms with Gasteiger partial charge in [0.15, 0.2) is 0 Å². The molecular formula is C15H9BN2. The molecule has 0 spiro atoms. The van der Waals surface area contributed by atoms with Crippen molar-refractivity contribution in [1.29, 1.82) is 0 Å². The SMILES string of the molecule is [B]c1ccc2c(ccc3nc4ccccc4n32)c1. The molecule has 2 aromatic heterocycles. The number of hydrogen-bond donors (Lipinski definition) is 0. The molecule has 0 aliphatic heterocycles. The van der Waals surface area contributed by atoms with Crippen molar-refractivity contribution in [3.05, 3.63) is 54.6 Å². The number of benzene rings is 2. The molecule has 0 saturated carbocycles. The molecular weight excluding hydrogens is 219 g/mol. The zero-order valence-corrected chi connectivity index (χ0v) is 9.67. The van der Waals surface area contributed by atoms with Gasteiger partial charge in [0, 0.05) is 0 Å². The maximum atomic E-state index is 5.83. The van der Waals surface area contributed by atoms with E-state index in [1.165, 1.54) is 0 Å². The summed E-state index contributed by atoms with van der Waals surface area (Å²) in [7, 11) is 5.83. The average molecular weight is 228 g/mol. The molecule has 0 N–H and O–H groups in total. The Kier molecular flexibility index (Phi) is 1.81. The second-order valence-electron chi connectivity index (χ2n) is 4.45. The second-order valence-corrected chi connectivity index (χ2v) is 4.45. The first kappa shape index (κ1) is 9.72. The molecule has 82 valence electrons. The number of aromatic nitrogens is 2. The van der Waals surface area contributed by atoms with Crippen LogP contribution in [0.1, 0.15) is 0 Å². The smallest absolute Gasteiger partial charge is 0.138 e. The molecule has 4 aromatic rings. The van der Waals surface area contributed by atoms with E-state index in [1.807, 2.05) is 42.5 Å². The highest BCUT2D eigenvalue weighted by atomic mass is 15.0. The van der Waals surface area contributed by atoms with E-state index < -0.39 is 0 Å². The molecule has 0 bridgehead atoms. The summed E-state index contributed by atoms with van der Waals surface area (Å²) < 4.78 is 2.17. The molecule has 0 aliphatic rings. The average Bonchev–Trinajstić information content (AvgIpc) is 2.77. The summed E-state index contributed by atoms with van der Waals surface area (Å²) in [6.07, 6.45) is 0. The molecule has 0 amide bonds. The summed E-state index contributed by atoms with van der Waals surface area (Å²) in [4.78, 5) is 4.62. The van der Waals surface area contributed by atoms with Gasteiger partial charge in [-0.2, -0.15) is 0 Å². The molecule has 0 aliphatic carbocycles. The van der Waals surface area contributed by atoms with Gasteiger partial charge in [-0.25, -0.2) is 4.98 Å². The summed E-state index contributed by atoms with van der Waals surface area (Å²) in [5.74, 6) is 0. The molecule has 2 aromatic carbocycles. The van der Waals surface area contributed by atoms with Crippen molar-refractivity contribution < 1.29 is 0 Å². The summed E-state index contributed by atoms with van der Waals surface area (Å²) in [5.41, 5.74) is 5.03. The van der Waals surface area contributed by atoms with E-state index in [4.69, 9.17) is 7.85 Å². The lowest BCUT2D eigenvalue weighted by Crippen LogP contribution is -2.01. The van der Waals surface area contributed by atoms with Gasteiger partial charge in [0.1, 0.15) is 13.5 Å². The number of pyridine rings is 1. The molecule has 3 heteroatoms. The fourth-order valence-electron chi connectivity index (χ4n) is 2.48. The Bertz CT molecular complexity index is 893. The van der Waals surface area contributed by atoms with Crippen molar-refractivity contribution in [2.75, 3.05) is 0 Å². The van der Waals surface area contributed by atoms with Gasteiger partial charge in [-0.15, -0.1) is 0 Å². The van der Waals surface area contributed by atoms with Crippen LogP contribution in [-0.2, 0) is 0 Å². The first-order chi connectivity index (χ1) is 8.83. The molecule has 0 fully saturated rings. The lowest BCUT2D eigenvalue weighted by molar-refractivity contribution is 1.30. The third-order valence-corrected chi connectivity index (χ3v) is 3.29. The highest BCUT2D eigenvalue weighted by Crippen LogP contribution is 2.22. The lowest BCUT2D eigenvalue weighted by Gasteiger charge is -2.04. The number of nitrogens with zero attached hydrogens (tertiary/aromatic N) is 2. The third kappa shape index (κ3) is 1.22. The lowest BCUT2D eigenvalue weighted by atomic mass is 9.95. The molecule has 0 saturated heterocycles. The van der Waals surface area contributed by atoms with Crippen LogP contribution < -0.4 is 5.46 Å². The zero-order valence-electron chi connectivity index (χ0n) is 9.67.